The Labute approximate surface area is 105 Å². The van der Waals surface area contributed by atoms with Gasteiger partial charge in [-0.1, -0.05) is 63.8 Å². The minimum Gasteiger partial charge on any atom is -0.423 e. The molecule has 1 aromatic carbocycles. The van der Waals surface area contributed by atoms with Crippen LogP contribution in [-0.4, -0.2) is 17.2 Å². The van der Waals surface area contributed by atoms with Crippen LogP contribution in [0.4, 0.5) is 0 Å². The van der Waals surface area contributed by atoms with E-state index in [1.165, 1.54) is 31.2 Å². The summed E-state index contributed by atoms with van der Waals surface area (Å²) in [7, 11) is -1.36. The van der Waals surface area contributed by atoms with Crippen molar-refractivity contribution < 1.29 is 10.0 Å². The normalized spacial score (nSPS) is 12.5. The average Bonchev–Trinajstić information content (AvgIpc) is 2.35. The van der Waals surface area contributed by atoms with E-state index in [-0.39, 0.29) is 0 Å². The van der Waals surface area contributed by atoms with Gasteiger partial charge in [0.15, 0.2) is 0 Å². The molecule has 1 rings (SSSR count). The van der Waals surface area contributed by atoms with Gasteiger partial charge in [0.2, 0.25) is 0 Å². The van der Waals surface area contributed by atoms with Gasteiger partial charge in [-0.25, -0.2) is 0 Å². The molecule has 0 spiro atoms. The molecule has 0 saturated carbocycles. The summed E-state index contributed by atoms with van der Waals surface area (Å²) >= 11 is 0. The van der Waals surface area contributed by atoms with Crippen LogP contribution in [0.2, 0.25) is 0 Å². The zero-order chi connectivity index (χ0) is 12.7. The summed E-state index contributed by atoms with van der Waals surface area (Å²) < 4.78 is 0. The summed E-state index contributed by atoms with van der Waals surface area (Å²) in [6.45, 7) is 4.47. The molecular weight excluding hydrogens is 211 g/mol. The van der Waals surface area contributed by atoms with Crippen LogP contribution in [0.15, 0.2) is 24.3 Å². The van der Waals surface area contributed by atoms with Gasteiger partial charge in [-0.05, 0) is 23.4 Å². The molecule has 0 aliphatic carbocycles. The molecule has 0 heterocycles. The first-order chi connectivity index (χ1) is 8.17. The van der Waals surface area contributed by atoms with E-state index in [4.69, 9.17) is 10.0 Å². The fraction of sp³-hybridized carbons (Fsp3) is 0.571. The monoisotopic (exact) mass is 234 g/mol. The van der Waals surface area contributed by atoms with E-state index in [2.05, 4.69) is 13.8 Å². The third-order valence-corrected chi connectivity index (χ3v) is 3.35. The fourth-order valence-corrected chi connectivity index (χ4v) is 2.10. The Kier molecular flexibility index (Phi) is 6.31. The van der Waals surface area contributed by atoms with Crippen LogP contribution in [0.3, 0.4) is 0 Å². The van der Waals surface area contributed by atoms with Gasteiger partial charge in [0, 0.05) is 0 Å². The highest BCUT2D eigenvalue weighted by Crippen LogP contribution is 2.17. The van der Waals surface area contributed by atoms with Crippen LogP contribution in [0.1, 0.15) is 45.1 Å². The molecule has 17 heavy (non-hydrogen) atoms. The van der Waals surface area contributed by atoms with E-state index >= 15 is 0 Å². The van der Waals surface area contributed by atoms with Crippen LogP contribution >= 0.6 is 0 Å². The highest BCUT2D eigenvalue weighted by atomic mass is 16.4. The van der Waals surface area contributed by atoms with Gasteiger partial charge in [0.25, 0.3) is 0 Å². The fourth-order valence-electron chi connectivity index (χ4n) is 2.10. The Morgan fingerprint density at radius 2 is 1.76 bits per heavy atom. The molecule has 94 valence electrons. The van der Waals surface area contributed by atoms with E-state index in [1.54, 1.807) is 12.1 Å². The van der Waals surface area contributed by atoms with Crippen molar-refractivity contribution in [3.8, 4) is 0 Å². The van der Waals surface area contributed by atoms with Gasteiger partial charge in [0.1, 0.15) is 0 Å². The molecule has 0 bridgehead atoms. The molecule has 3 heteroatoms. The first kappa shape index (κ1) is 14.3. The lowest BCUT2D eigenvalue weighted by Crippen LogP contribution is -2.29. The molecule has 0 aliphatic rings. The van der Waals surface area contributed by atoms with E-state index < -0.39 is 7.12 Å². The van der Waals surface area contributed by atoms with Crippen LogP contribution in [0, 0.1) is 5.92 Å². The lowest BCUT2D eigenvalue weighted by atomic mass is 9.79. The SMILES string of the molecule is CCCCC(CC)Cc1ccc(B(O)O)cc1. The Morgan fingerprint density at radius 1 is 1.12 bits per heavy atom. The molecule has 1 unspecified atom stereocenters. The molecule has 0 amide bonds. The highest BCUT2D eigenvalue weighted by molar-refractivity contribution is 6.58. The quantitative estimate of drug-likeness (QED) is 0.709. The maximum atomic E-state index is 9.01. The van der Waals surface area contributed by atoms with Gasteiger partial charge in [-0.2, -0.15) is 0 Å². The van der Waals surface area contributed by atoms with Gasteiger partial charge in [-0.3, -0.25) is 0 Å². The summed E-state index contributed by atoms with van der Waals surface area (Å²) in [6, 6.07) is 7.60. The second-order valence-electron chi connectivity index (χ2n) is 4.74. The van der Waals surface area contributed by atoms with Crippen LogP contribution < -0.4 is 5.46 Å². The van der Waals surface area contributed by atoms with E-state index in [0.717, 1.165) is 12.3 Å². The lowest BCUT2D eigenvalue weighted by Gasteiger charge is -2.14. The lowest BCUT2D eigenvalue weighted by molar-refractivity contribution is 0.425. The van der Waals surface area contributed by atoms with Gasteiger partial charge in [0.05, 0.1) is 0 Å². The molecule has 2 N–H and O–H groups in total. The standard InChI is InChI=1S/C14H23BO2/c1-3-5-6-12(4-2)11-13-7-9-14(10-8-13)15(16)17/h7-10,12,16-17H,3-6,11H2,1-2H3. The number of hydrogen-bond acceptors (Lipinski definition) is 2. The Bertz CT molecular complexity index is 309. The molecule has 0 aromatic heterocycles. The Morgan fingerprint density at radius 3 is 2.24 bits per heavy atom. The summed E-state index contributed by atoms with van der Waals surface area (Å²) in [5.74, 6) is 0.750. The third kappa shape index (κ3) is 4.92. The Hall–Kier alpha value is -0.795. The minimum absolute atomic E-state index is 0.565. The molecule has 0 saturated heterocycles. The molecular formula is C14H23BO2. The first-order valence-corrected chi connectivity index (χ1v) is 6.62. The van der Waals surface area contributed by atoms with Crippen molar-refractivity contribution in [3.63, 3.8) is 0 Å². The van der Waals surface area contributed by atoms with Crippen LogP contribution in [0.5, 0.6) is 0 Å². The summed E-state index contributed by atoms with van der Waals surface area (Å²) in [5, 5.41) is 18.0. The second-order valence-corrected chi connectivity index (χ2v) is 4.74. The Balaban J connectivity index is 2.54. The largest absolute Gasteiger partial charge is 0.488 e. The van der Waals surface area contributed by atoms with Gasteiger partial charge >= 0.3 is 7.12 Å². The molecule has 1 aromatic rings. The van der Waals surface area contributed by atoms with Crippen LogP contribution in [0.25, 0.3) is 0 Å². The maximum absolute atomic E-state index is 9.01. The van der Waals surface area contributed by atoms with Gasteiger partial charge in [-0.15, -0.1) is 0 Å². The van der Waals surface area contributed by atoms with Crippen molar-refractivity contribution in [2.75, 3.05) is 0 Å². The van der Waals surface area contributed by atoms with Crippen molar-refractivity contribution in [2.24, 2.45) is 5.92 Å². The van der Waals surface area contributed by atoms with Crippen molar-refractivity contribution in [1.29, 1.82) is 0 Å². The number of benzene rings is 1. The topological polar surface area (TPSA) is 40.5 Å². The third-order valence-electron chi connectivity index (χ3n) is 3.35. The molecule has 0 radical (unpaired) electrons. The predicted molar refractivity (Wildman–Crippen MR) is 73.3 cm³/mol. The van der Waals surface area contributed by atoms with E-state index in [9.17, 15) is 0 Å². The van der Waals surface area contributed by atoms with E-state index in [0.29, 0.717) is 5.46 Å². The predicted octanol–water partition coefficient (Wildman–Crippen LogP) is 2.13. The second kappa shape index (κ2) is 7.52. The summed E-state index contributed by atoms with van der Waals surface area (Å²) in [4.78, 5) is 0. The maximum Gasteiger partial charge on any atom is 0.488 e. The molecule has 1 atom stereocenters. The number of hydrogen-bond donors (Lipinski definition) is 2. The summed E-state index contributed by atoms with van der Waals surface area (Å²) in [5.41, 5.74) is 1.85. The molecule has 2 nitrogen and oxygen atoms in total. The van der Waals surface area contributed by atoms with Gasteiger partial charge < -0.3 is 10.0 Å². The van der Waals surface area contributed by atoms with Crippen molar-refractivity contribution in [2.45, 2.75) is 46.0 Å². The number of rotatable bonds is 7. The van der Waals surface area contributed by atoms with E-state index in [1.807, 2.05) is 12.1 Å². The highest BCUT2D eigenvalue weighted by Gasteiger charge is 2.11. The minimum atomic E-state index is -1.36. The molecule has 0 aliphatic heterocycles. The zero-order valence-corrected chi connectivity index (χ0v) is 10.9. The average molecular weight is 234 g/mol. The van der Waals surface area contributed by atoms with Crippen molar-refractivity contribution >= 4 is 12.6 Å². The zero-order valence-electron chi connectivity index (χ0n) is 10.9. The van der Waals surface area contributed by atoms with Crippen LogP contribution in [-0.2, 0) is 6.42 Å². The smallest absolute Gasteiger partial charge is 0.423 e. The molecule has 0 fully saturated rings. The van der Waals surface area contributed by atoms with Crippen molar-refractivity contribution in [3.05, 3.63) is 29.8 Å². The number of unbranched alkanes of at least 4 members (excludes halogenated alkanes) is 1. The van der Waals surface area contributed by atoms with Crippen molar-refractivity contribution in [1.82, 2.24) is 0 Å². The summed E-state index contributed by atoms with van der Waals surface area (Å²) in [6.07, 6.45) is 6.15. The first-order valence-electron chi connectivity index (χ1n) is 6.62.